The van der Waals surface area contributed by atoms with E-state index in [1.807, 2.05) is 12.1 Å². The van der Waals surface area contributed by atoms with Crippen LogP contribution < -0.4 is 4.90 Å². The molecule has 0 saturated carbocycles. The Morgan fingerprint density at radius 1 is 1.39 bits per heavy atom. The van der Waals surface area contributed by atoms with Gasteiger partial charge >= 0.3 is 0 Å². The van der Waals surface area contributed by atoms with Crippen molar-refractivity contribution < 1.29 is 4.74 Å². The minimum atomic E-state index is 0.454. The van der Waals surface area contributed by atoms with Crippen molar-refractivity contribution in [2.24, 2.45) is 0 Å². The number of hydrogen-bond acceptors (Lipinski definition) is 4. The van der Waals surface area contributed by atoms with Gasteiger partial charge in [-0.15, -0.1) is 0 Å². The Bertz CT molecular complexity index is 379. The number of nitriles is 1. The van der Waals surface area contributed by atoms with Gasteiger partial charge in [0.15, 0.2) is 0 Å². The van der Waals surface area contributed by atoms with Crippen LogP contribution in [-0.4, -0.2) is 31.3 Å². The van der Waals surface area contributed by atoms with Crippen LogP contribution in [0.15, 0.2) is 18.3 Å². The standard InChI is InChI=1S/C14H21N3O/c1-4-13(5-2)17(8-9-18-3)14-7-6-12(10-15)16-11-14/h6-7,11,13H,4-5,8-9H2,1-3H3. The summed E-state index contributed by atoms with van der Waals surface area (Å²) in [5.41, 5.74) is 1.51. The fraction of sp³-hybridized carbons (Fsp3) is 0.571. The topological polar surface area (TPSA) is 49.1 Å². The lowest BCUT2D eigenvalue weighted by Gasteiger charge is -2.32. The fourth-order valence-electron chi connectivity index (χ4n) is 2.06. The summed E-state index contributed by atoms with van der Waals surface area (Å²) in [5, 5.41) is 8.76. The van der Waals surface area contributed by atoms with Crippen molar-refractivity contribution >= 4 is 5.69 Å². The Labute approximate surface area is 109 Å². The first-order valence-electron chi connectivity index (χ1n) is 6.38. The lowest BCUT2D eigenvalue weighted by molar-refractivity contribution is 0.202. The van der Waals surface area contributed by atoms with E-state index >= 15 is 0 Å². The van der Waals surface area contributed by atoms with Gasteiger partial charge in [-0.25, -0.2) is 4.98 Å². The molecular formula is C14H21N3O. The van der Waals surface area contributed by atoms with E-state index in [9.17, 15) is 0 Å². The predicted molar refractivity (Wildman–Crippen MR) is 72.5 cm³/mol. The molecule has 18 heavy (non-hydrogen) atoms. The molecule has 0 spiro atoms. The summed E-state index contributed by atoms with van der Waals surface area (Å²) in [5.74, 6) is 0. The average Bonchev–Trinajstić information content (AvgIpc) is 2.43. The van der Waals surface area contributed by atoms with Gasteiger partial charge in [0.2, 0.25) is 0 Å². The first kappa shape index (κ1) is 14.5. The third-order valence-corrected chi connectivity index (χ3v) is 3.11. The van der Waals surface area contributed by atoms with Gasteiger partial charge in [-0.05, 0) is 25.0 Å². The first-order valence-corrected chi connectivity index (χ1v) is 6.38. The molecule has 0 atom stereocenters. The van der Waals surface area contributed by atoms with Crippen molar-refractivity contribution in [2.45, 2.75) is 32.7 Å². The van der Waals surface area contributed by atoms with E-state index in [-0.39, 0.29) is 0 Å². The van der Waals surface area contributed by atoms with Gasteiger partial charge in [-0.3, -0.25) is 0 Å². The zero-order valence-corrected chi connectivity index (χ0v) is 11.4. The van der Waals surface area contributed by atoms with Crippen LogP contribution in [0.3, 0.4) is 0 Å². The number of hydrogen-bond donors (Lipinski definition) is 0. The van der Waals surface area contributed by atoms with Gasteiger partial charge in [0, 0.05) is 19.7 Å². The molecule has 0 unspecified atom stereocenters. The summed E-state index contributed by atoms with van der Waals surface area (Å²) in [4.78, 5) is 6.44. The van der Waals surface area contributed by atoms with Crippen LogP contribution >= 0.6 is 0 Å². The smallest absolute Gasteiger partial charge is 0.140 e. The lowest BCUT2D eigenvalue weighted by Crippen LogP contribution is -2.37. The minimum absolute atomic E-state index is 0.454. The Hall–Kier alpha value is -1.60. The van der Waals surface area contributed by atoms with Crippen molar-refractivity contribution in [1.82, 2.24) is 4.98 Å². The monoisotopic (exact) mass is 247 g/mol. The minimum Gasteiger partial charge on any atom is -0.383 e. The molecule has 0 radical (unpaired) electrons. The third-order valence-electron chi connectivity index (χ3n) is 3.11. The van der Waals surface area contributed by atoms with Crippen LogP contribution in [-0.2, 0) is 4.74 Å². The van der Waals surface area contributed by atoms with Crippen LogP contribution in [0.5, 0.6) is 0 Å². The van der Waals surface area contributed by atoms with Crippen molar-refractivity contribution in [1.29, 1.82) is 5.26 Å². The zero-order valence-electron chi connectivity index (χ0n) is 11.4. The quantitative estimate of drug-likeness (QED) is 0.743. The molecule has 4 nitrogen and oxygen atoms in total. The van der Waals surface area contributed by atoms with Crippen molar-refractivity contribution in [3.63, 3.8) is 0 Å². The lowest BCUT2D eigenvalue weighted by atomic mass is 10.1. The van der Waals surface area contributed by atoms with Gasteiger partial charge in [-0.2, -0.15) is 5.26 Å². The van der Waals surface area contributed by atoms with E-state index in [2.05, 4.69) is 23.7 Å². The molecule has 0 amide bonds. The van der Waals surface area contributed by atoms with E-state index in [0.29, 0.717) is 18.3 Å². The number of ether oxygens (including phenoxy) is 1. The van der Waals surface area contributed by atoms with Gasteiger partial charge in [0.25, 0.3) is 0 Å². The molecular weight excluding hydrogens is 226 g/mol. The van der Waals surface area contributed by atoms with Crippen molar-refractivity contribution in [3.05, 3.63) is 24.0 Å². The molecule has 4 heteroatoms. The Balaban J connectivity index is 2.89. The zero-order chi connectivity index (χ0) is 13.4. The molecule has 0 aliphatic rings. The number of pyridine rings is 1. The highest BCUT2D eigenvalue weighted by Crippen LogP contribution is 2.19. The fourth-order valence-corrected chi connectivity index (χ4v) is 2.06. The molecule has 1 heterocycles. The summed E-state index contributed by atoms with van der Waals surface area (Å²) < 4.78 is 5.16. The molecule has 0 N–H and O–H groups in total. The number of rotatable bonds is 7. The molecule has 0 fully saturated rings. The highest BCUT2D eigenvalue weighted by Gasteiger charge is 2.15. The van der Waals surface area contributed by atoms with E-state index in [0.717, 1.165) is 25.1 Å². The largest absolute Gasteiger partial charge is 0.383 e. The van der Waals surface area contributed by atoms with E-state index < -0.39 is 0 Å². The van der Waals surface area contributed by atoms with Crippen LogP contribution in [0.1, 0.15) is 32.4 Å². The Morgan fingerprint density at radius 2 is 2.11 bits per heavy atom. The maximum atomic E-state index is 8.76. The Kier molecular flexibility index (Phi) is 6.16. The molecule has 0 aromatic carbocycles. The summed E-state index contributed by atoms with van der Waals surface area (Å²) in [6, 6.07) is 6.24. The molecule has 0 saturated heterocycles. The first-order chi connectivity index (χ1) is 8.76. The molecule has 1 aromatic rings. The van der Waals surface area contributed by atoms with E-state index in [4.69, 9.17) is 10.00 Å². The number of nitrogens with zero attached hydrogens (tertiary/aromatic N) is 3. The van der Waals surface area contributed by atoms with Gasteiger partial charge in [-0.1, -0.05) is 13.8 Å². The number of aromatic nitrogens is 1. The Morgan fingerprint density at radius 3 is 2.56 bits per heavy atom. The highest BCUT2D eigenvalue weighted by atomic mass is 16.5. The third kappa shape index (κ3) is 3.71. The summed E-state index contributed by atoms with van der Waals surface area (Å²) in [6.07, 6.45) is 3.94. The number of anilines is 1. The van der Waals surface area contributed by atoms with Crippen LogP contribution in [0.4, 0.5) is 5.69 Å². The SMILES string of the molecule is CCC(CC)N(CCOC)c1ccc(C#N)nc1. The molecule has 0 aliphatic heterocycles. The summed E-state index contributed by atoms with van der Waals surface area (Å²) in [6.45, 7) is 5.91. The van der Waals surface area contributed by atoms with E-state index in [1.54, 1.807) is 19.4 Å². The highest BCUT2D eigenvalue weighted by molar-refractivity contribution is 5.46. The number of methoxy groups -OCH3 is 1. The summed E-state index contributed by atoms with van der Waals surface area (Å²) >= 11 is 0. The van der Waals surface area contributed by atoms with Gasteiger partial charge in [0.05, 0.1) is 18.5 Å². The van der Waals surface area contributed by atoms with E-state index in [1.165, 1.54) is 0 Å². The maximum absolute atomic E-state index is 8.76. The second-order valence-corrected chi connectivity index (χ2v) is 4.17. The predicted octanol–water partition coefficient (Wildman–Crippen LogP) is 2.59. The summed E-state index contributed by atoms with van der Waals surface area (Å²) in [7, 11) is 1.71. The molecule has 1 aromatic heterocycles. The molecule has 0 bridgehead atoms. The van der Waals surface area contributed by atoms with Gasteiger partial charge in [0.1, 0.15) is 11.8 Å². The van der Waals surface area contributed by atoms with Crippen LogP contribution in [0.25, 0.3) is 0 Å². The molecule has 1 rings (SSSR count). The van der Waals surface area contributed by atoms with Crippen LogP contribution in [0.2, 0.25) is 0 Å². The van der Waals surface area contributed by atoms with Gasteiger partial charge < -0.3 is 9.64 Å². The second kappa shape index (κ2) is 7.67. The maximum Gasteiger partial charge on any atom is 0.140 e. The molecule has 0 aliphatic carbocycles. The normalized spacial score (nSPS) is 10.4. The molecule has 98 valence electrons. The second-order valence-electron chi connectivity index (χ2n) is 4.17. The van der Waals surface area contributed by atoms with Crippen molar-refractivity contribution in [3.8, 4) is 6.07 Å². The average molecular weight is 247 g/mol. The van der Waals surface area contributed by atoms with Crippen LogP contribution in [0, 0.1) is 11.3 Å². The van der Waals surface area contributed by atoms with Crippen molar-refractivity contribution in [2.75, 3.05) is 25.2 Å².